The molecule has 0 aliphatic carbocycles. The number of carboxylic acid groups (broad SMARTS) is 1. The standard InChI is InChI=1S/C10H18N2O5/c1-4-17-9(15)5-11-10(16)12(7(2)3)6-8(13)14/h7H,4-6H2,1-3H3,(H,11,16)(H,13,14). The van der Waals surface area contributed by atoms with E-state index in [2.05, 4.69) is 10.1 Å². The minimum absolute atomic E-state index is 0.234. The van der Waals surface area contributed by atoms with Gasteiger partial charge in [-0.05, 0) is 20.8 Å². The predicted octanol–water partition coefficient (Wildman–Crippen LogP) is 0.0541. The number of rotatable bonds is 6. The molecule has 2 N–H and O–H groups in total. The second kappa shape index (κ2) is 7.48. The van der Waals surface area contributed by atoms with E-state index in [9.17, 15) is 14.4 Å². The first kappa shape index (κ1) is 15.2. The van der Waals surface area contributed by atoms with Crippen molar-refractivity contribution >= 4 is 18.0 Å². The number of aliphatic carboxylic acids is 1. The molecule has 0 unspecified atom stereocenters. The Kier molecular flexibility index (Phi) is 6.69. The van der Waals surface area contributed by atoms with Gasteiger partial charge in [0.1, 0.15) is 13.1 Å². The topological polar surface area (TPSA) is 95.9 Å². The van der Waals surface area contributed by atoms with Crippen LogP contribution in [0.4, 0.5) is 4.79 Å². The number of nitrogens with zero attached hydrogens (tertiary/aromatic N) is 1. The van der Waals surface area contributed by atoms with Gasteiger partial charge in [0, 0.05) is 6.04 Å². The summed E-state index contributed by atoms with van der Waals surface area (Å²) in [4.78, 5) is 34.2. The van der Waals surface area contributed by atoms with Crippen molar-refractivity contribution in [2.75, 3.05) is 19.7 Å². The van der Waals surface area contributed by atoms with E-state index in [1.807, 2.05) is 0 Å². The zero-order valence-corrected chi connectivity index (χ0v) is 10.2. The zero-order valence-electron chi connectivity index (χ0n) is 10.2. The van der Waals surface area contributed by atoms with Crippen molar-refractivity contribution in [1.29, 1.82) is 0 Å². The van der Waals surface area contributed by atoms with Crippen LogP contribution in [0.1, 0.15) is 20.8 Å². The summed E-state index contributed by atoms with van der Waals surface area (Å²) >= 11 is 0. The van der Waals surface area contributed by atoms with E-state index < -0.39 is 24.5 Å². The average molecular weight is 246 g/mol. The Bertz CT molecular complexity index is 290. The summed E-state index contributed by atoms with van der Waals surface area (Å²) in [6.45, 7) is 4.59. The summed E-state index contributed by atoms with van der Waals surface area (Å²) in [7, 11) is 0. The number of esters is 1. The number of hydrogen-bond acceptors (Lipinski definition) is 4. The first-order chi connectivity index (χ1) is 7.88. The van der Waals surface area contributed by atoms with Gasteiger partial charge in [-0.1, -0.05) is 0 Å². The Morgan fingerprint density at radius 2 is 1.94 bits per heavy atom. The summed E-state index contributed by atoms with van der Waals surface area (Å²) in [5, 5.41) is 10.9. The molecule has 0 aromatic rings. The van der Waals surface area contributed by atoms with E-state index in [0.29, 0.717) is 0 Å². The Morgan fingerprint density at radius 1 is 1.35 bits per heavy atom. The number of ether oxygens (including phenoxy) is 1. The van der Waals surface area contributed by atoms with Crippen LogP contribution in [0, 0.1) is 0 Å². The summed E-state index contributed by atoms with van der Waals surface area (Å²) in [6.07, 6.45) is 0. The quantitative estimate of drug-likeness (QED) is 0.646. The Hall–Kier alpha value is -1.79. The highest BCUT2D eigenvalue weighted by atomic mass is 16.5. The lowest BCUT2D eigenvalue weighted by Crippen LogP contribution is -2.47. The van der Waals surface area contributed by atoms with Crippen molar-refractivity contribution in [1.82, 2.24) is 10.2 Å². The van der Waals surface area contributed by atoms with Crippen LogP contribution in [0.2, 0.25) is 0 Å². The third-order valence-corrected chi connectivity index (χ3v) is 1.88. The van der Waals surface area contributed by atoms with Crippen molar-refractivity contribution in [3.05, 3.63) is 0 Å². The van der Waals surface area contributed by atoms with Gasteiger partial charge in [-0.2, -0.15) is 0 Å². The van der Waals surface area contributed by atoms with Crippen LogP contribution in [0.5, 0.6) is 0 Å². The maximum atomic E-state index is 11.6. The smallest absolute Gasteiger partial charge is 0.325 e. The predicted molar refractivity (Wildman–Crippen MR) is 59.5 cm³/mol. The first-order valence-electron chi connectivity index (χ1n) is 5.30. The average Bonchev–Trinajstić information content (AvgIpc) is 2.22. The van der Waals surface area contributed by atoms with Crippen LogP contribution in [-0.4, -0.2) is 53.7 Å². The summed E-state index contributed by atoms with van der Waals surface area (Å²) in [6, 6.07) is -0.872. The number of nitrogens with one attached hydrogen (secondary N) is 1. The normalized spacial score (nSPS) is 9.88. The van der Waals surface area contributed by atoms with Gasteiger partial charge in [0.25, 0.3) is 0 Å². The van der Waals surface area contributed by atoms with Crippen molar-refractivity contribution in [2.45, 2.75) is 26.8 Å². The second-order valence-electron chi connectivity index (χ2n) is 3.58. The number of urea groups is 1. The van der Waals surface area contributed by atoms with Gasteiger partial charge in [0.05, 0.1) is 6.61 Å². The molecule has 0 rings (SSSR count). The maximum Gasteiger partial charge on any atom is 0.325 e. The molecule has 0 saturated carbocycles. The Balaban J connectivity index is 4.24. The highest BCUT2D eigenvalue weighted by Gasteiger charge is 2.20. The van der Waals surface area contributed by atoms with Gasteiger partial charge in [-0.15, -0.1) is 0 Å². The van der Waals surface area contributed by atoms with E-state index in [-0.39, 0.29) is 19.2 Å². The van der Waals surface area contributed by atoms with Crippen LogP contribution in [0.3, 0.4) is 0 Å². The summed E-state index contributed by atoms with van der Waals surface area (Å²) < 4.78 is 4.63. The molecule has 0 fully saturated rings. The van der Waals surface area contributed by atoms with E-state index in [1.165, 1.54) is 0 Å². The van der Waals surface area contributed by atoms with Gasteiger partial charge in [-0.3, -0.25) is 9.59 Å². The fourth-order valence-electron chi connectivity index (χ4n) is 1.10. The van der Waals surface area contributed by atoms with Gasteiger partial charge >= 0.3 is 18.0 Å². The fraction of sp³-hybridized carbons (Fsp3) is 0.700. The van der Waals surface area contributed by atoms with Crippen molar-refractivity contribution in [2.24, 2.45) is 0 Å². The van der Waals surface area contributed by atoms with Crippen molar-refractivity contribution in [3.8, 4) is 0 Å². The van der Waals surface area contributed by atoms with Crippen molar-refractivity contribution < 1.29 is 24.2 Å². The zero-order chi connectivity index (χ0) is 13.4. The molecule has 0 saturated heterocycles. The highest BCUT2D eigenvalue weighted by molar-refractivity contribution is 5.83. The minimum Gasteiger partial charge on any atom is -0.480 e. The third kappa shape index (κ3) is 6.39. The molecule has 17 heavy (non-hydrogen) atoms. The lowest BCUT2D eigenvalue weighted by atomic mass is 10.3. The Morgan fingerprint density at radius 3 is 2.35 bits per heavy atom. The van der Waals surface area contributed by atoms with Gasteiger partial charge in [-0.25, -0.2) is 4.79 Å². The second-order valence-corrected chi connectivity index (χ2v) is 3.58. The van der Waals surface area contributed by atoms with E-state index in [0.717, 1.165) is 4.90 Å². The van der Waals surface area contributed by atoms with Crippen molar-refractivity contribution in [3.63, 3.8) is 0 Å². The molecular formula is C10H18N2O5. The molecule has 0 aliphatic heterocycles. The molecule has 7 nitrogen and oxygen atoms in total. The monoisotopic (exact) mass is 246 g/mol. The van der Waals surface area contributed by atoms with E-state index >= 15 is 0 Å². The maximum absolute atomic E-state index is 11.6. The number of carbonyl (C=O) groups is 3. The third-order valence-electron chi connectivity index (χ3n) is 1.88. The molecule has 0 aromatic carbocycles. The lowest BCUT2D eigenvalue weighted by Gasteiger charge is -2.24. The molecular weight excluding hydrogens is 228 g/mol. The molecule has 0 aromatic heterocycles. The van der Waals surface area contributed by atoms with Crippen LogP contribution in [0.25, 0.3) is 0 Å². The van der Waals surface area contributed by atoms with Crippen LogP contribution >= 0.6 is 0 Å². The molecule has 0 bridgehead atoms. The number of carbonyl (C=O) groups excluding carboxylic acids is 2. The lowest BCUT2D eigenvalue weighted by molar-refractivity contribution is -0.141. The minimum atomic E-state index is -1.11. The Labute approximate surface area is 99.7 Å². The SMILES string of the molecule is CCOC(=O)CNC(=O)N(CC(=O)O)C(C)C. The number of amides is 2. The largest absolute Gasteiger partial charge is 0.480 e. The number of hydrogen-bond donors (Lipinski definition) is 2. The first-order valence-corrected chi connectivity index (χ1v) is 5.30. The molecule has 0 atom stereocenters. The molecule has 0 spiro atoms. The van der Waals surface area contributed by atoms with E-state index in [4.69, 9.17) is 5.11 Å². The van der Waals surface area contributed by atoms with Gasteiger partial charge in [0.15, 0.2) is 0 Å². The van der Waals surface area contributed by atoms with E-state index in [1.54, 1.807) is 20.8 Å². The molecule has 2 amide bonds. The van der Waals surface area contributed by atoms with Crippen LogP contribution in [-0.2, 0) is 14.3 Å². The fourth-order valence-corrected chi connectivity index (χ4v) is 1.10. The van der Waals surface area contributed by atoms with Gasteiger partial charge < -0.3 is 20.1 Å². The molecule has 0 heterocycles. The molecule has 98 valence electrons. The highest BCUT2D eigenvalue weighted by Crippen LogP contribution is 1.98. The summed E-state index contributed by atoms with van der Waals surface area (Å²) in [5.41, 5.74) is 0. The van der Waals surface area contributed by atoms with Crippen LogP contribution < -0.4 is 5.32 Å². The van der Waals surface area contributed by atoms with Gasteiger partial charge in [0.2, 0.25) is 0 Å². The number of carboxylic acids is 1. The molecule has 0 radical (unpaired) electrons. The molecule has 7 heteroatoms. The van der Waals surface area contributed by atoms with Crippen LogP contribution in [0.15, 0.2) is 0 Å². The summed E-state index contributed by atoms with van der Waals surface area (Å²) in [5.74, 6) is -1.66. The molecule has 0 aliphatic rings.